The van der Waals surface area contributed by atoms with Crippen LogP contribution in [0.1, 0.15) is 35.2 Å². The Hall–Kier alpha value is -1.66. The van der Waals surface area contributed by atoms with Crippen molar-refractivity contribution in [2.45, 2.75) is 32.2 Å². The lowest BCUT2D eigenvalue weighted by Crippen LogP contribution is -2.54. The fourth-order valence-electron chi connectivity index (χ4n) is 4.95. The van der Waals surface area contributed by atoms with E-state index in [1.54, 1.807) is 24.0 Å². The summed E-state index contributed by atoms with van der Waals surface area (Å²) in [7, 11) is 0. The van der Waals surface area contributed by atoms with Crippen molar-refractivity contribution < 1.29 is 14.0 Å². The molecular weight excluding hydrogens is 369 g/mol. The summed E-state index contributed by atoms with van der Waals surface area (Å²) < 4.78 is 13.7. The predicted octanol–water partition coefficient (Wildman–Crippen LogP) is 2.21. The molecule has 3 fully saturated rings. The Morgan fingerprint density at radius 3 is 2.30 bits per heavy atom. The fourth-order valence-corrected chi connectivity index (χ4v) is 4.95. The van der Waals surface area contributed by atoms with Crippen molar-refractivity contribution >= 4 is 24.2 Å². The summed E-state index contributed by atoms with van der Waals surface area (Å²) in [6.45, 7) is 3.69. The molecule has 148 valence electrons. The lowest BCUT2D eigenvalue weighted by Gasteiger charge is -2.38. The van der Waals surface area contributed by atoms with E-state index in [4.69, 9.17) is 5.73 Å². The van der Waals surface area contributed by atoms with Gasteiger partial charge in [-0.15, -0.1) is 12.4 Å². The molecule has 2 saturated carbocycles. The van der Waals surface area contributed by atoms with Crippen molar-refractivity contribution in [2.75, 3.05) is 26.2 Å². The van der Waals surface area contributed by atoms with Gasteiger partial charge in [-0.2, -0.15) is 0 Å². The first kappa shape index (κ1) is 20.1. The van der Waals surface area contributed by atoms with Gasteiger partial charge in [0.15, 0.2) is 0 Å². The van der Waals surface area contributed by atoms with Crippen LogP contribution in [0.4, 0.5) is 4.39 Å². The number of fused-ring (bicyclic) bond motifs is 2. The Labute approximate surface area is 165 Å². The van der Waals surface area contributed by atoms with E-state index in [-0.39, 0.29) is 42.0 Å². The zero-order chi connectivity index (χ0) is 18.4. The Balaban J connectivity index is 0.00000210. The Bertz CT molecular complexity index is 734. The van der Waals surface area contributed by atoms with E-state index in [1.807, 2.05) is 4.90 Å². The molecule has 2 aliphatic carbocycles. The zero-order valence-corrected chi connectivity index (χ0v) is 16.4. The van der Waals surface area contributed by atoms with Crippen LogP contribution in [0.15, 0.2) is 18.2 Å². The Morgan fingerprint density at radius 1 is 1.07 bits per heavy atom. The molecule has 0 spiro atoms. The second-order valence-electron chi connectivity index (χ2n) is 8.02. The molecule has 4 atom stereocenters. The van der Waals surface area contributed by atoms with Gasteiger partial charge < -0.3 is 15.5 Å². The SMILES string of the molecule is Cc1ccc(C(=O)N2CCN(C(=O)C3C4CCC(C4)C3N)CC2)cc1F.Cl. The summed E-state index contributed by atoms with van der Waals surface area (Å²) in [5, 5.41) is 0. The summed E-state index contributed by atoms with van der Waals surface area (Å²) in [4.78, 5) is 29.1. The van der Waals surface area contributed by atoms with Gasteiger partial charge in [0.05, 0.1) is 5.92 Å². The lowest BCUT2D eigenvalue weighted by atomic mass is 9.84. The molecule has 2 bridgehead atoms. The van der Waals surface area contributed by atoms with Gasteiger partial charge in [0, 0.05) is 37.8 Å². The molecule has 1 saturated heterocycles. The molecule has 1 aliphatic heterocycles. The van der Waals surface area contributed by atoms with E-state index < -0.39 is 0 Å². The first-order valence-electron chi connectivity index (χ1n) is 9.55. The van der Waals surface area contributed by atoms with Gasteiger partial charge in [-0.3, -0.25) is 9.59 Å². The molecular formula is C20H27ClFN3O2. The highest BCUT2D eigenvalue weighted by Gasteiger charge is 2.50. The van der Waals surface area contributed by atoms with Crippen LogP contribution in [-0.2, 0) is 4.79 Å². The first-order chi connectivity index (χ1) is 12.5. The Morgan fingerprint density at radius 2 is 1.70 bits per heavy atom. The van der Waals surface area contributed by atoms with Crippen LogP contribution in [0.2, 0.25) is 0 Å². The zero-order valence-electron chi connectivity index (χ0n) is 15.6. The highest BCUT2D eigenvalue weighted by atomic mass is 35.5. The first-order valence-corrected chi connectivity index (χ1v) is 9.55. The lowest BCUT2D eigenvalue weighted by molar-refractivity contribution is -0.139. The summed E-state index contributed by atoms with van der Waals surface area (Å²) >= 11 is 0. The van der Waals surface area contributed by atoms with E-state index >= 15 is 0 Å². The summed E-state index contributed by atoms with van der Waals surface area (Å²) in [5.74, 6) is 0.536. The predicted molar refractivity (Wildman–Crippen MR) is 103 cm³/mol. The van der Waals surface area contributed by atoms with Crippen molar-refractivity contribution in [1.82, 2.24) is 9.80 Å². The second-order valence-corrected chi connectivity index (χ2v) is 8.02. The third-order valence-corrected chi connectivity index (χ3v) is 6.56. The van der Waals surface area contributed by atoms with E-state index in [1.165, 1.54) is 6.07 Å². The van der Waals surface area contributed by atoms with Crippen LogP contribution in [0.25, 0.3) is 0 Å². The van der Waals surface area contributed by atoms with E-state index in [0.29, 0.717) is 49.1 Å². The number of halogens is 2. The smallest absolute Gasteiger partial charge is 0.254 e. The van der Waals surface area contributed by atoms with Crippen molar-refractivity contribution in [3.63, 3.8) is 0 Å². The van der Waals surface area contributed by atoms with E-state index in [2.05, 4.69) is 0 Å². The largest absolute Gasteiger partial charge is 0.339 e. The molecule has 2 N–H and O–H groups in total. The minimum atomic E-state index is -0.366. The maximum atomic E-state index is 13.7. The second kappa shape index (κ2) is 7.76. The van der Waals surface area contributed by atoms with Gasteiger partial charge in [-0.25, -0.2) is 4.39 Å². The van der Waals surface area contributed by atoms with Crippen molar-refractivity contribution in [2.24, 2.45) is 23.5 Å². The van der Waals surface area contributed by atoms with Crippen LogP contribution >= 0.6 is 12.4 Å². The average molecular weight is 396 g/mol. The normalized spacial score (nSPS) is 29.6. The fraction of sp³-hybridized carbons (Fsp3) is 0.600. The maximum absolute atomic E-state index is 13.7. The van der Waals surface area contributed by atoms with Gasteiger partial charge in [0.2, 0.25) is 5.91 Å². The molecule has 0 aromatic heterocycles. The number of piperazine rings is 1. The standard InChI is InChI=1S/C20H26FN3O2.ClH/c1-12-2-3-15(11-16(12)21)19(25)23-6-8-24(9-7-23)20(26)17-13-4-5-14(10-13)18(17)22;/h2-3,11,13-14,17-18H,4-10,22H2,1H3;1H. The molecule has 1 aromatic carbocycles. The highest BCUT2D eigenvalue weighted by Crippen LogP contribution is 2.48. The van der Waals surface area contributed by atoms with Crippen LogP contribution in [-0.4, -0.2) is 53.8 Å². The minimum Gasteiger partial charge on any atom is -0.339 e. The maximum Gasteiger partial charge on any atom is 0.254 e. The number of benzene rings is 1. The highest BCUT2D eigenvalue weighted by molar-refractivity contribution is 5.94. The number of carbonyl (C=O) groups excluding carboxylic acids is 2. The van der Waals surface area contributed by atoms with Gasteiger partial charge in [0.1, 0.15) is 5.82 Å². The Kier molecular flexibility index (Phi) is 5.77. The molecule has 27 heavy (non-hydrogen) atoms. The number of carbonyl (C=O) groups is 2. The molecule has 5 nitrogen and oxygen atoms in total. The van der Waals surface area contributed by atoms with Crippen LogP contribution < -0.4 is 5.73 Å². The number of nitrogens with two attached hydrogens (primary N) is 1. The van der Waals surface area contributed by atoms with Gasteiger partial charge in [0.25, 0.3) is 5.91 Å². The number of rotatable bonds is 2. The third kappa shape index (κ3) is 3.57. The van der Waals surface area contributed by atoms with Gasteiger partial charge >= 0.3 is 0 Å². The van der Waals surface area contributed by atoms with Crippen molar-refractivity contribution in [3.8, 4) is 0 Å². The monoisotopic (exact) mass is 395 g/mol. The molecule has 1 heterocycles. The summed E-state index contributed by atoms with van der Waals surface area (Å²) in [6, 6.07) is 4.57. The molecule has 7 heteroatoms. The van der Waals surface area contributed by atoms with Gasteiger partial charge in [-0.1, -0.05) is 6.07 Å². The van der Waals surface area contributed by atoms with Crippen LogP contribution in [0, 0.1) is 30.5 Å². The van der Waals surface area contributed by atoms with Gasteiger partial charge in [-0.05, 0) is 55.7 Å². The van der Waals surface area contributed by atoms with Crippen LogP contribution in [0.3, 0.4) is 0 Å². The van der Waals surface area contributed by atoms with Crippen LogP contribution in [0.5, 0.6) is 0 Å². The average Bonchev–Trinajstić information content (AvgIpc) is 3.24. The summed E-state index contributed by atoms with van der Waals surface area (Å²) in [6.07, 6.45) is 3.37. The number of hydrogen-bond donors (Lipinski definition) is 1. The number of aryl methyl sites for hydroxylation is 1. The molecule has 4 unspecified atom stereocenters. The minimum absolute atomic E-state index is 0. The van der Waals surface area contributed by atoms with E-state index in [9.17, 15) is 14.0 Å². The van der Waals surface area contributed by atoms with Crippen molar-refractivity contribution in [3.05, 3.63) is 35.1 Å². The topological polar surface area (TPSA) is 66.6 Å². The quantitative estimate of drug-likeness (QED) is 0.834. The molecule has 2 amide bonds. The summed E-state index contributed by atoms with van der Waals surface area (Å²) in [5.41, 5.74) is 7.19. The molecule has 3 aliphatic rings. The molecule has 0 radical (unpaired) electrons. The third-order valence-electron chi connectivity index (χ3n) is 6.56. The number of hydrogen-bond acceptors (Lipinski definition) is 3. The number of nitrogens with zero attached hydrogens (tertiary/aromatic N) is 2. The van der Waals surface area contributed by atoms with E-state index in [0.717, 1.165) is 19.3 Å². The molecule has 4 rings (SSSR count). The van der Waals surface area contributed by atoms with Crippen molar-refractivity contribution in [1.29, 1.82) is 0 Å². The number of amides is 2. The molecule has 1 aromatic rings.